The number of carbonyl (C=O) groups is 2. The lowest BCUT2D eigenvalue weighted by atomic mass is 9.90. The summed E-state index contributed by atoms with van der Waals surface area (Å²) in [4.78, 5) is 22.0. The fourth-order valence-electron chi connectivity index (χ4n) is 1.67. The lowest BCUT2D eigenvalue weighted by molar-refractivity contribution is -0.140. The number of hydrogen-bond donors (Lipinski definition) is 2. The van der Waals surface area contributed by atoms with Crippen LogP contribution in [0, 0.1) is 5.82 Å². The van der Waals surface area contributed by atoms with Gasteiger partial charge in [-0.05, 0) is 11.6 Å². The summed E-state index contributed by atoms with van der Waals surface area (Å²) in [7, 11) is 0. The molecule has 1 aromatic rings. The van der Waals surface area contributed by atoms with Crippen LogP contribution in [0.4, 0.5) is 10.1 Å². The van der Waals surface area contributed by atoms with Crippen LogP contribution in [0.1, 0.15) is 17.9 Å². The number of para-hydroxylation sites is 1. The van der Waals surface area contributed by atoms with Crippen LogP contribution in [-0.4, -0.2) is 17.0 Å². The summed E-state index contributed by atoms with van der Waals surface area (Å²) < 4.78 is 13.3. The molecule has 1 amide bonds. The molecule has 4 nitrogen and oxygen atoms in total. The predicted molar refractivity (Wildman–Crippen MR) is 50.0 cm³/mol. The molecule has 2 N–H and O–H groups in total. The third-order valence-electron chi connectivity index (χ3n) is 2.37. The molecule has 78 valence electrons. The summed E-state index contributed by atoms with van der Waals surface area (Å²) >= 11 is 0. The Balaban J connectivity index is 2.55. The van der Waals surface area contributed by atoms with Crippen LogP contribution in [0.25, 0.3) is 0 Å². The molecule has 0 saturated heterocycles. The van der Waals surface area contributed by atoms with Crippen LogP contribution >= 0.6 is 0 Å². The highest BCUT2D eigenvalue weighted by Gasteiger charge is 2.31. The van der Waals surface area contributed by atoms with Gasteiger partial charge in [0.05, 0.1) is 11.6 Å². The van der Waals surface area contributed by atoms with E-state index >= 15 is 0 Å². The van der Waals surface area contributed by atoms with Crippen molar-refractivity contribution in [3.05, 3.63) is 29.6 Å². The molecular weight excluding hydrogens is 201 g/mol. The van der Waals surface area contributed by atoms with Crippen LogP contribution in [0.15, 0.2) is 18.2 Å². The van der Waals surface area contributed by atoms with Gasteiger partial charge in [0.2, 0.25) is 5.91 Å². The van der Waals surface area contributed by atoms with Crippen molar-refractivity contribution >= 4 is 17.6 Å². The fourth-order valence-corrected chi connectivity index (χ4v) is 1.67. The first-order chi connectivity index (χ1) is 7.09. The van der Waals surface area contributed by atoms with E-state index in [-0.39, 0.29) is 12.1 Å². The highest BCUT2D eigenvalue weighted by molar-refractivity contribution is 5.99. The Morgan fingerprint density at radius 2 is 2.27 bits per heavy atom. The zero-order valence-electron chi connectivity index (χ0n) is 7.66. The van der Waals surface area contributed by atoms with Gasteiger partial charge in [-0.1, -0.05) is 12.1 Å². The van der Waals surface area contributed by atoms with Crippen LogP contribution in [0.5, 0.6) is 0 Å². The van der Waals surface area contributed by atoms with Crippen molar-refractivity contribution in [2.24, 2.45) is 0 Å². The van der Waals surface area contributed by atoms with Gasteiger partial charge in [-0.2, -0.15) is 0 Å². The molecule has 5 heteroatoms. The van der Waals surface area contributed by atoms with E-state index in [0.29, 0.717) is 5.56 Å². The lowest BCUT2D eigenvalue weighted by Gasteiger charge is -2.22. The summed E-state index contributed by atoms with van der Waals surface area (Å²) in [6, 6.07) is 4.13. The Kier molecular flexibility index (Phi) is 2.15. The molecule has 1 heterocycles. The second-order valence-corrected chi connectivity index (χ2v) is 3.35. The van der Waals surface area contributed by atoms with Crippen molar-refractivity contribution in [2.45, 2.75) is 12.3 Å². The molecule has 0 aliphatic carbocycles. The van der Waals surface area contributed by atoms with Gasteiger partial charge in [0.1, 0.15) is 5.82 Å². The quantitative estimate of drug-likeness (QED) is 0.733. The molecule has 0 aromatic heterocycles. The van der Waals surface area contributed by atoms with E-state index in [1.54, 1.807) is 0 Å². The average Bonchev–Trinajstić information content (AvgIpc) is 2.18. The molecular formula is C10H8FNO3. The van der Waals surface area contributed by atoms with E-state index in [4.69, 9.17) is 5.11 Å². The van der Waals surface area contributed by atoms with Gasteiger partial charge in [-0.15, -0.1) is 0 Å². The number of carboxylic acid groups (broad SMARTS) is 1. The SMILES string of the molecule is O=C1C[C@@H](C(=O)O)c2cccc(F)c2N1. The van der Waals surface area contributed by atoms with E-state index in [1.807, 2.05) is 0 Å². The number of halogens is 1. The minimum Gasteiger partial charge on any atom is -0.481 e. The zero-order chi connectivity index (χ0) is 11.0. The van der Waals surface area contributed by atoms with E-state index < -0.39 is 23.6 Å². The van der Waals surface area contributed by atoms with Crippen LogP contribution in [0.3, 0.4) is 0 Å². The minimum atomic E-state index is -1.11. The smallest absolute Gasteiger partial charge is 0.311 e. The van der Waals surface area contributed by atoms with E-state index in [9.17, 15) is 14.0 Å². The first-order valence-corrected chi connectivity index (χ1v) is 4.40. The molecule has 2 rings (SSSR count). The molecule has 0 fully saturated rings. The van der Waals surface area contributed by atoms with Gasteiger partial charge in [0, 0.05) is 6.42 Å². The Morgan fingerprint density at radius 1 is 1.53 bits per heavy atom. The van der Waals surface area contributed by atoms with Gasteiger partial charge in [0.15, 0.2) is 0 Å². The zero-order valence-corrected chi connectivity index (χ0v) is 7.66. The average molecular weight is 209 g/mol. The van der Waals surface area contributed by atoms with E-state index in [2.05, 4.69) is 5.32 Å². The first-order valence-electron chi connectivity index (χ1n) is 4.40. The number of fused-ring (bicyclic) bond motifs is 1. The number of rotatable bonds is 1. The number of carboxylic acids is 1. The second kappa shape index (κ2) is 3.34. The molecule has 1 aliphatic heterocycles. The minimum absolute atomic E-state index is 0.0128. The van der Waals surface area contributed by atoms with Crippen molar-refractivity contribution in [3.8, 4) is 0 Å². The molecule has 1 atom stereocenters. The summed E-state index contributed by atoms with van der Waals surface area (Å²) in [5, 5.41) is 11.2. The third kappa shape index (κ3) is 1.56. The highest BCUT2D eigenvalue weighted by Crippen LogP contribution is 2.33. The van der Waals surface area contributed by atoms with Gasteiger partial charge in [-0.25, -0.2) is 4.39 Å². The third-order valence-corrected chi connectivity index (χ3v) is 2.37. The number of benzene rings is 1. The number of anilines is 1. The Hall–Kier alpha value is -1.91. The fraction of sp³-hybridized carbons (Fsp3) is 0.200. The summed E-state index contributed by atoms with van der Waals surface area (Å²) in [5.74, 6) is -3.15. The molecule has 0 bridgehead atoms. The number of carbonyl (C=O) groups excluding carboxylic acids is 1. The maximum Gasteiger partial charge on any atom is 0.311 e. The molecule has 1 aromatic carbocycles. The van der Waals surface area contributed by atoms with E-state index in [1.165, 1.54) is 18.2 Å². The number of hydrogen-bond acceptors (Lipinski definition) is 2. The van der Waals surface area contributed by atoms with E-state index in [0.717, 1.165) is 0 Å². The standard InChI is InChI=1S/C10H8FNO3/c11-7-3-1-2-5-6(10(14)15)4-8(13)12-9(5)7/h1-3,6H,4H2,(H,12,13)(H,14,15)/t6-/m1/s1. The normalized spacial score (nSPS) is 19.3. The molecule has 0 unspecified atom stereocenters. The summed E-state index contributed by atoms with van der Waals surface area (Å²) in [6.07, 6.45) is -0.147. The van der Waals surface area contributed by atoms with Crippen molar-refractivity contribution in [1.29, 1.82) is 0 Å². The Morgan fingerprint density at radius 3 is 2.93 bits per heavy atom. The van der Waals surface area contributed by atoms with Crippen molar-refractivity contribution < 1.29 is 19.1 Å². The van der Waals surface area contributed by atoms with Gasteiger partial charge in [-0.3, -0.25) is 9.59 Å². The molecule has 0 spiro atoms. The Bertz CT molecular complexity index is 444. The lowest BCUT2D eigenvalue weighted by Crippen LogP contribution is -2.27. The molecule has 0 saturated carbocycles. The molecule has 0 radical (unpaired) electrons. The van der Waals surface area contributed by atoms with Gasteiger partial charge >= 0.3 is 5.97 Å². The maximum atomic E-state index is 13.3. The van der Waals surface area contributed by atoms with Gasteiger partial charge in [0.25, 0.3) is 0 Å². The summed E-state index contributed by atoms with van der Waals surface area (Å²) in [5.41, 5.74) is 0.309. The van der Waals surface area contributed by atoms with Crippen LogP contribution in [-0.2, 0) is 9.59 Å². The largest absolute Gasteiger partial charge is 0.481 e. The van der Waals surface area contributed by atoms with Crippen molar-refractivity contribution in [2.75, 3.05) is 5.32 Å². The number of nitrogens with one attached hydrogen (secondary N) is 1. The predicted octanol–water partition coefficient (Wildman–Crippen LogP) is 1.34. The topological polar surface area (TPSA) is 66.4 Å². The number of amides is 1. The van der Waals surface area contributed by atoms with Crippen molar-refractivity contribution in [1.82, 2.24) is 0 Å². The second-order valence-electron chi connectivity index (χ2n) is 3.35. The maximum absolute atomic E-state index is 13.3. The van der Waals surface area contributed by atoms with Crippen LogP contribution < -0.4 is 5.32 Å². The summed E-state index contributed by atoms with van der Waals surface area (Å²) in [6.45, 7) is 0. The van der Waals surface area contributed by atoms with Crippen molar-refractivity contribution in [3.63, 3.8) is 0 Å². The Labute approximate surface area is 84.7 Å². The first kappa shape index (κ1) is 9.64. The monoisotopic (exact) mass is 209 g/mol. The number of aliphatic carboxylic acids is 1. The van der Waals surface area contributed by atoms with Crippen LogP contribution in [0.2, 0.25) is 0 Å². The molecule has 15 heavy (non-hydrogen) atoms. The van der Waals surface area contributed by atoms with Gasteiger partial charge < -0.3 is 10.4 Å². The highest BCUT2D eigenvalue weighted by atomic mass is 19.1. The molecule has 1 aliphatic rings.